The van der Waals surface area contributed by atoms with Crippen molar-refractivity contribution in [1.82, 2.24) is 10.2 Å². The molecule has 0 spiro atoms. The van der Waals surface area contributed by atoms with Gasteiger partial charge in [-0.3, -0.25) is 14.5 Å². The minimum atomic E-state index is -0.489. The Balaban J connectivity index is 2.13. The molecule has 0 radical (unpaired) electrons. The Morgan fingerprint density at radius 3 is 2.62 bits per heavy atom. The van der Waals surface area contributed by atoms with Crippen LogP contribution in [0.15, 0.2) is 0 Å². The highest BCUT2D eigenvalue weighted by atomic mass is 16.2. The molecule has 2 amide bonds. The van der Waals surface area contributed by atoms with Crippen LogP contribution in [0.25, 0.3) is 0 Å². The molecule has 2 fully saturated rings. The molecule has 1 N–H and O–H groups in total. The first-order valence-electron chi connectivity index (χ1n) is 6.09. The van der Waals surface area contributed by atoms with Crippen LogP contribution < -0.4 is 5.32 Å². The lowest BCUT2D eigenvalue weighted by molar-refractivity contribution is -0.143. The van der Waals surface area contributed by atoms with Crippen LogP contribution in [0.5, 0.6) is 0 Å². The molecular formula is C12H20N2O2. The highest BCUT2D eigenvalue weighted by Crippen LogP contribution is 2.34. The minimum Gasteiger partial charge on any atom is -0.317 e. The van der Waals surface area contributed by atoms with Crippen LogP contribution in [0.4, 0.5) is 0 Å². The summed E-state index contributed by atoms with van der Waals surface area (Å²) in [4.78, 5) is 25.6. The smallest absolute Gasteiger partial charge is 0.235 e. The van der Waals surface area contributed by atoms with Crippen molar-refractivity contribution in [3.8, 4) is 0 Å². The van der Waals surface area contributed by atoms with E-state index in [2.05, 4.69) is 5.32 Å². The second kappa shape index (κ2) is 4.17. The summed E-state index contributed by atoms with van der Waals surface area (Å²) in [7, 11) is 0. The summed E-state index contributed by atoms with van der Waals surface area (Å²) in [6, 6.07) is 0.122. The lowest BCUT2D eigenvalue weighted by atomic mass is 9.92. The fourth-order valence-corrected chi connectivity index (χ4v) is 2.61. The third kappa shape index (κ3) is 1.98. The molecule has 0 saturated carbocycles. The number of imide groups is 1. The molecule has 16 heavy (non-hydrogen) atoms. The van der Waals surface area contributed by atoms with E-state index in [1.807, 2.05) is 13.8 Å². The summed E-state index contributed by atoms with van der Waals surface area (Å²) in [5, 5.41) is 3.30. The summed E-state index contributed by atoms with van der Waals surface area (Å²) < 4.78 is 0. The van der Waals surface area contributed by atoms with E-state index in [-0.39, 0.29) is 17.9 Å². The first-order valence-corrected chi connectivity index (χ1v) is 6.09. The van der Waals surface area contributed by atoms with Crippen LogP contribution in [0.2, 0.25) is 0 Å². The van der Waals surface area contributed by atoms with Gasteiger partial charge in [0.05, 0.1) is 5.41 Å². The van der Waals surface area contributed by atoms with E-state index < -0.39 is 5.41 Å². The standard InChI is InChI=1S/C12H20N2O2/c1-12(2)8-10(15)14(11(12)16)9-4-3-6-13-7-5-9/h9,13H,3-8H2,1-2H3. The molecule has 2 heterocycles. The number of likely N-dealkylation sites (tertiary alicyclic amines) is 1. The predicted molar refractivity (Wildman–Crippen MR) is 60.8 cm³/mol. The van der Waals surface area contributed by atoms with Crippen molar-refractivity contribution in [2.45, 2.75) is 45.6 Å². The maximum Gasteiger partial charge on any atom is 0.235 e. The third-order valence-corrected chi connectivity index (χ3v) is 3.57. The van der Waals surface area contributed by atoms with Crippen molar-refractivity contribution in [2.24, 2.45) is 5.41 Å². The molecule has 2 rings (SSSR count). The Bertz CT molecular complexity index is 304. The van der Waals surface area contributed by atoms with Crippen molar-refractivity contribution in [1.29, 1.82) is 0 Å². The molecule has 2 aliphatic rings. The van der Waals surface area contributed by atoms with Gasteiger partial charge in [-0.1, -0.05) is 13.8 Å². The number of hydrogen-bond donors (Lipinski definition) is 1. The zero-order valence-electron chi connectivity index (χ0n) is 10.1. The molecule has 0 aromatic rings. The Morgan fingerprint density at radius 1 is 1.25 bits per heavy atom. The summed E-state index contributed by atoms with van der Waals surface area (Å²) >= 11 is 0. The number of carbonyl (C=O) groups is 2. The molecule has 4 heteroatoms. The van der Waals surface area contributed by atoms with Gasteiger partial charge in [-0.05, 0) is 32.4 Å². The normalized spacial score (nSPS) is 30.6. The van der Waals surface area contributed by atoms with E-state index >= 15 is 0 Å². The first kappa shape index (κ1) is 11.6. The summed E-state index contributed by atoms with van der Waals surface area (Å²) in [5.74, 6) is 0.0336. The molecule has 90 valence electrons. The number of hydrogen-bond acceptors (Lipinski definition) is 3. The van der Waals surface area contributed by atoms with E-state index in [1.54, 1.807) is 0 Å². The van der Waals surface area contributed by atoms with E-state index in [4.69, 9.17) is 0 Å². The van der Waals surface area contributed by atoms with Gasteiger partial charge in [0.15, 0.2) is 0 Å². The highest BCUT2D eigenvalue weighted by molar-refractivity contribution is 6.05. The van der Waals surface area contributed by atoms with Gasteiger partial charge in [0, 0.05) is 12.5 Å². The predicted octanol–water partition coefficient (Wildman–Crippen LogP) is 0.914. The molecule has 0 aromatic carbocycles. The van der Waals surface area contributed by atoms with Crippen LogP contribution in [-0.2, 0) is 9.59 Å². The van der Waals surface area contributed by atoms with E-state index in [9.17, 15) is 9.59 Å². The number of carbonyl (C=O) groups excluding carboxylic acids is 2. The average molecular weight is 224 g/mol. The summed E-state index contributed by atoms with van der Waals surface area (Å²) in [6.07, 6.45) is 3.26. The molecule has 1 atom stereocenters. The van der Waals surface area contributed by atoms with E-state index in [1.165, 1.54) is 4.90 Å². The van der Waals surface area contributed by atoms with Crippen molar-refractivity contribution in [2.75, 3.05) is 13.1 Å². The van der Waals surface area contributed by atoms with Crippen LogP contribution >= 0.6 is 0 Å². The van der Waals surface area contributed by atoms with E-state index in [0.717, 1.165) is 32.4 Å². The van der Waals surface area contributed by atoms with Crippen LogP contribution in [-0.4, -0.2) is 35.8 Å². The monoisotopic (exact) mass is 224 g/mol. The third-order valence-electron chi connectivity index (χ3n) is 3.57. The zero-order chi connectivity index (χ0) is 11.8. The van der Waals surface area contributed by atoms with Crippen LogP contribution in [0, 0.1) is 5.41 Å². The fourth-order valence-electron chi connectivity index (χ4n) is 2.61. The zero-order valence-corrected chi connectivity index (χ0v) is 10.1. The molecule has 0 bridgehead atoms. The number of nitrogens with one attached hydrogen (secondary N) is 1. The minimum absolute atomic E-state index is 0.0156. The van der Waals surface area contributed by atoms with Gasteiger partial charge in [0.25, 0.3) is 0 Å². The number of amides is 2. The maximum atomic E-state index is 12.1. The van der Waals surface area contributed by atoms with Gasteiger partial charge in [0.1, 0.15) is 0 Å². The van der Waals surface area contributed by atoms with E-state index in [0.29, 0.717) is 6.42 Å². The number of nitrogens with zero attached hydrogens (tertiary/aromatic N) is 1. The Hall–Kier alpha value is -0.900. The van der Waals surface area contributed by atoms with Gasteiger partial charge >= 0.3 is 0 Å². The quantitative estimate of drug-likeness (QED) is 0.674. The molecule has 2 aliphatic heterocycles. The van der Waals surface area contributed by atoms with Gasteiger partial charge in [-0.15, -0.1) is 0 Å². The number of rotatable bonds is 1. The summed E-state index contributed by atoms with van der Waals surface area (Å²) in [6.45, 7) is 5.63. The van der Waals surface area contributed by atoms with Crippen molar-refractivity contribution in [3.63, 3.8) is 0 Å². The van der Waals surface area contributed by atoms with Crippen molar-refractivity contribution >= 4 is 11.8 Å². The Kier molecular flexibility index (Phi) is 3.02. The lowest BCUT2D eigenvalue weighted by Gasteiger charge is -2.26. The molecule has 0 aromatic heterocycles. The first-order chi connectivity index (χ1) is 7.52. The Morgan fingerprint density at radius 2 is 2.00 bits per heavy atom. The van der Waals surface area contributed by atoms with Crippen LogP contribution in [0.3, 0.4) is 0 Å². The van der Waals surface area contributed by atoms with Gasteiger partial charge < -0.3 is 5.32 Å². The van der Waals surface area contributed by atoms with Gasteiger partial charge in [-0.2, -0.15) is 0 Å². The SMILES string of the molecule is CC1(C)CC(=O)N(C2CCCNCC2)C1=O. The summed E-state index contributed by atoms with van der Waals surface area (Å²) in [5.41, 5.74) is -0.489. The van der Waals surface area contributed by atoms with Crippen LogP contribution in [0.1, 0.15) is 39.5 Å². The van der Waals surface area contributed by atoms with Crippen molar-refractivity contribution < 1.29 is 9.59 Å². The second-order valence-corrected chi connectivity index (χ2v) is 5.46. The highest BCUT2D eigenvalue weighted by Gasteiger charge is 2.47. The topological polar surface area (TPSA) is 49.4 Å². The molecule has 4 nitrogen and oxygen atoms in total. The average Bonchev–Trinajstić information content (AvgIpc) is 2.44. The maximum absolute atomic E-state index is 12.1. The fraction of sp³-hybridized carbons (Fsp3) is 0.833. The van der Waals surface area contributed by atoms with Gasteiger partial charge in [-0.25, -0.2) is 0 Å². The van der Waals surface area contributed by atoms with Gasteiger partial charge in [0.2, 0.25) is 11.8 Å². The second-order valence-electron chi connectivity index (χ2n) is 5.46. The molecule has 1 unspecified atom stereocenters. The molecular weight excluding hydrogens is 204 g/mol. The van der Waals surface area contributed by atoms with Crippen molar-refractivity contribution in [3.05, 3.63) is 0 Å². The Labute approximate surface area is 96.4 Å². The lowest BCUT2D eigenvalue weighted by Crippen LogP contribution is -2.42. The largest absolute Gasteiger partial charge is 0.317 e. The molecule has 2 saturated heterocycles. The molecule has 0 aliphatic carbocycles.